The summed E-state index contributed by atoms with van der Waals surface area (Å²) in [6.45, 7) is 6.16. The summed E-state index contributed by atoms with van der Waals surface area (Å²) in [4.78, 5) is 0. The Labute approximate surface area is 114 Å². The smallest absolute Gasteiger partial charge is 0.136 e. The Bertz CT molecular complexity index is 517. The third kappa shape index (κ3) is 3.46. The van der Waals surface area contributed by atoms with Crippen LogP contribution in [-0.2, 0) is 5.60 Å². The van der Waals surface area contributed by atoms with Gasteiger partial charge in [-0.25, -0.2) is 0 Å². The average molecular weight is 259 g/mol. The van der Waals surface area contributed by atoms with Crippen molar-refractivity contribution in [3.05, 3.63) is 59.5 Å². The van der Waals surface area contributed by atoms with Crippen LogP contribution in [0.5, 0.6) is 0 Å². The Morgan fingerprint density at radius 1 is 1.21 bits per heavy atom. The largest absolute Gasteiger partial charge is 0.463 e. The third-order valence-electron chi connectivity index (χ3n) is 3.32. The summed E-state index contributed by atoms with van der Waals surface area (Å²) in [7, 11) is 0. The van der Waals surface area contributed by atoms with Crippen molar-refractivity contribution in [2.75, 3.05) is 6.54 Å². The number of hydrogen-bond acceptors (Lipinski definition) is 3. The highest BCUT2D eigenvalue weighted by Crippen LogP contribution is 2.23. The van der Waals surface area contributed by atoms with Crippen LogP contribution in [0.1, 0.15) is 37.0 Å². The van der Waals surface area contributed by atoms with E-state index in [1.165, 1.54) is 5.56 Å². The zero-order chi connectivity index (χ0) is 13.9. The summed E-state index contributed by atoms with van der Waals surface area (Å²) in [6, 6.07) is 14.0. The van der Waals surface area contributed by atoms with Gasteiger partial charge in [-0.05, 0) is 38.5 Å². The van der Waals surface area contributed by atoms with Crippen molar-refractivity contribution >= 4 is 0 Å². The van der Waals surface area contributed by atoms with Gasteiger partial charge in [0.2, 0.25) is 0 Å². The maximum atomic E-state index is 10.4. The number of aryl methyl sites for hydroxylation is 1. The molecule has 0 radical (unpaired) electrons. The van der Waals surface area contributed by atoms with E-state index in [1.54, 1.807) is 6.92 Å². The Morgan fingerprint density at radius 2 is 1.89 bits per heavy atom. The second-order valence-electron chi connectivity index (χ2n) is 5.20. The second kappa shape index (κ2) is 5.59. The lowest BCUT2D eigenvalue weighted by molar-refractivity contribution is 0.0313. The molecule has 2 aromatic rings. The van der Waals surface area contributed by atoms with Gasteiger partial charge < -0.3 is 14.8 Å². The number of benzene rings is 1. The lowest BCUT2D eigenvalue weighted by Gasteiger charge is -2.24. The Morgan fingerprint density at radius 3 is 2.47 bits per heavy atom. The topological polar surface area (TPSA) is 45.4 Å². The lowest BCUT2D eigenvalue weighted by atomic mass is 10.0. The van der Waals surface area contributed by atoms with Crippen molar-refractivity contribution in [1.82, 2.24) is 5.32 Å². The fourth-order valence-corrected chi connectivity index (χ4v) is 2.02. The molecule has 1 aromatic heterocycles. The van der Waals surface area contributed by atoms with Crippen LogP contribution >= 0.6 is 0 Å². The van der Waals surface area contributed by atoms with Gasteiger partial charge in [-0.15, -0.1) is 0 Å². The van der Waals surface area contributed by atoms with Gasteiger partial charge in [0.05, 0.1) is 0 Å². The van der Waals surface area contributed by atoms with E-state index in [4.69, 9.17) is 4.42 Å². The van der Waals surface area contributed by atoms with E-state index >= 15 is 0 Å². The molecule has 1 heterocycles. The fourth-order valence-electron chi connectivity index (χ4n) is 2.02. The molecule has 19 heavy (non-hydrogen) atoms. The first-order valence-electron chi connectivity index (χ1n) is 6.57. The molecule has 0 bridgehead atoms. The summed E-state index contributed by atoms with van der Waals surface area (Å²) in [5.74, 6) is 1.41. The third-order valence-corrected chi connectivity index (χ3v) is 3.32. The van der Waals surface area contributed by atoms with Gasteiger partial charge in [0.15, 0.2) is 0 Å². The quantitative estimate of drug-likeness (QED) is 0.867. The van der Waals surface area contributed by atoms with Crippen LogP contribution < -0.4 is 5.32 Å². The van der Waals surface area contributed by atoms with Crippen molar-refractivity contribution in [2.45, 2.75) is 32.4 Å². The molecule has 2 atom stereocenters. The van der Waals surface area contributed by atoms with E-state index in [2.05, 4.69) is 24.4 Å². The molecule has 0 aliphatic rings. The Balaban J connectivity index is 1.98. The molecule has 0 saturated heterocycles. The minimum absolute atomic E-state index is 0.184. The number of furan rings is 1. The van der Waals surface area contributed by atoms with Crippen LogP contribution in [0.15, 0.2) is 46.9 Å². The maximum absolute atomic E-state index is 10.4. The molecule has 0 aliphatic carbocycles. The van der Waals surface area contributed by atoms with E-state index in [9.17, 15) is 5.11 Å². The van der Waals surface area contributed by atoms with Crippen molar-refractivity contribution in [1.29, 1.82) is 0 Å². The first-order chi connectivity index (χ1) is 8.99. The van der Waals surface area contributed by atoms with Gasteiger partial charge in [-0.2, -0.15) is 0 Å². The van der Waals surface area contributed by atoms with Gasteiger partial charge in [-0.3, -0.25) is 0 Å². The van der Waals surface area contributed by atoms with E-state index in [0.717, 1.165) is 5.76 Å². The number of aliphatic hydroxyl groups is 1. The summed E-state index contributed by atoms with van der Waals surface area (Å²) >= 11 is 0. The van der Waals surface area contributed by atoms with Crippen LogP contribution in [0.25, 0.3) is 0 Å². The Kier molecular flexibility index (Phi) is 4.08. The number of nitrogens with one attached hydrogen (secondary N) is 1. The second-order valence-corrected chi connectivity index (χ2v) is 5.20. The fraction of sp³-hybridized carbons (Fsp3) is 0.375. The zero-order valence-corrected chi connectivity index (χ0v) is 11.7. The standard InChI is InChI=1S/C16H21NO2/c1-12-9-10-15(19-12)16(3,18)11-17-13(2)14-7-5-4-6-8-14/h4-10,13,17-18H,11H2,1-3H3. The normalized spacial score (nSPS) is 16.0. The first-order valence-corrected chi connectivity index (χ1v) is 6.57. The summed E-state index contributed by atoms with van der Waals surface area (Å²) in [5.41, 5.74) is 0.200. The highest BCUT2D eigenvalue weighted by molar-refractivity contribution is 5.18. The maximum Gasteiger partial charge on any atom is 0.136 e. The number of rotatable bonds is 5. The molecule has 0 saturated carbocycles. The summed E-state index contributed by atoms with van der Waals surface area (Å²) < 4.78 is 5.50. The predicted molar refractivity (Wildman–Crippen MR) is 75.9 cm³/mol. The van der Waals surface area contributed by atoms with Gasteiger partial charge in [0.1, 0.15) is 17.1 Å². The lowest BCUT2D eigenvalue weighted by Crippen LogP contribution is -2.36. The van der Waals surface area contributed by atoms with E-state index < -0.39 is 5.60 Å². The van der Waals surface area contributed by atoms with Gasteiger partial charge in [-0.1, -0.05) is 30.3 Å². The molecule has 0 aliphatic heterocycles. The van der Waals surface area contributed by atoms with Crippen molar-refractivity contribution in [3.8, 4) is 0 Å². The molecule has 0 amide bonds. The first kappa shape index (κ1) is 13.8. The highest BCUT2D eigenvalue weighted by Gasteiger charge is 2.27. The van der Waals surface area contributed by atoms with Crippen molar-refractivity contribution < 1.29 is 9.52 Å². The van der Waals surface area contributed by atoms with E-state index in [-0.39, 0.29) is 6.04 Å². The van der Waals surface area contributed by atoms with Crippen LogP contribution in [0.3, 0.4) is 0 Å². The molecular weight excluding hydrogens is 238 g/mol. The molecular formula is C16H21NO2. The molecule has 2 N–H and O–H groups in total. The minimum atomic E-state index is -1.00. The number of hydrogen-bond donors (Lipinski definition) is 2. The summed E-state index contributed by atoms with van der Waals surface area (Å²) in [6.07, 6.45) is 0. The molecule has 2 rings (SSSR count). The average Bonchev–Trinajstić information content (AvgIpc) is 2.85. The van der Waals surface area contributed by atoms with Crippen LogP contribution in [-0.4, -0.2) is 11.7 Å². The minimum Gasteiger partial charge on any atom is -0.463 e. The molecule has 102 valence electrons. The zero-order valence-electron chi connectivity index (χ0n) is 11.7. The van der Waals surface area contributed by atoms with E-state index in [1.807, 2.05) is 37.3 Å². The van der Waals surface area contributed by atoms with E-state index in [0.29, 0.717) is 12.3 Å². The Hall–Kier alpha value is -1.58. The predicted octanol–water partition coefficient (Wildman–Crippen LogP) is 3.15. The summed E-state index contributed by atoms with van der Waals surface area (Å²) in [5, 5.41) is 13.8. The van der Waals surface area contributed by atoms with Gasteiger partial charge in [0.25, 0.3) is 0 Å². The highest BCUT2D eigenvalue weighted by atomic mass is 16.4. The SMILES string of the molecule is Cc1ccc(C(C)(O)CNC(C)c2ccccc2)o1. The monoisotopic (exact) mass is 259 g/mol. The molecule has 1 aromatic carbocycles. The van der Waals surface area contributed by atoms with Gasteiger partial charge in [0, 0.05) is 12.6 Å². The molecule has 3 heteroatoms. The van der Waals surface area contributed by atoms with Gasteiger partial charge >= 0.3 is 0 Å². The van der Waals surface area contributed by atoms with Crippen LogP contribution in [0.2, 0.25) is 0 Å². The van der Waals surface area contributed by atoms with Crippen molar-refractivity contribution in [3.63, 3.8) is 0 Å². The van der Waals surface area contributed by atoms with Crippen LogP contribution in [0, 0.1) is 6.92 Å². The molecule has 0 spiro atoms. The van der Waals surface area contributed by atoms with Crippen LogP contribution in [0.4, 0.5) is 0 Å². The van der Waals surface area contributed by atoms with Crippen molar-refractivity contribution in [2.24, 2.45) is 0 Å². The molecule has 0 fully saturated rings. The molecule has 3 nitrogen and oxygen atoms in total. The molecule has 2 unspecified atom stereocenters.